The quantitative estimate of drug-likeness (QED) is 0.254. The van der Waals surface area contributed by atoms with Crippen LogP contribution in [0.3, 0.4) is 0 Å². The molecule has 1 aliphatic rings. The van der Waals surface area contributed by atoms with Gasteiger partial charge in [0.1, 0.15) is 6.04 Å². The van der Waals surface area contributed by atoms with Gasteiger partial charge in [-0.3, -0.25) is 0 Å². The smallest absolute Gasteiger partial charge is 0.338 e. The first-order valence-electron chi connectivity index (χ1n) is 10.6. The fourth-order valence-corrected chi connectivity index (χ4v) is 4.43. The number of thioether (sulfide) groups is 1. The molecule has 166 valence electrons. The maximum atomic E-state index is 13.0. The summed E-state index contributed by atoms with van der Waals surface area (Å²) in [6.07, 6.45) is 1.78. The van der Waals surface area contributed by atoms with Crippen LogP contribution >= 0.6 is 23.4 Å². The first kappa shape index (κ1) is 22.4. The summed E-state index contributed by atoms with van der Waals surface area (Å²) in [5.74, 6) is 1.01. The number of rotatable bonds is 8. The number of nitrogens with zero attached hydrogens (tertiary/aromatic N) is 3. The van der Waals surface area contributed by atoms with Gasteiger partial charge in [-0.15, -0.1) is 5.10 Å². The van der Waals surface area contributed by atoms with Gasteiger partial charge in [-0.1, -0.05) is 79.2 Å². The third kappa shape index (κ3) is 5.00. The van der Waals surface area contributed by atoms with E-state index in [2.05, 4.69) is 29.4 Å². The second-order valence-corrected chi connectivity index (χ2v) is 8.92. The highest BCUT2D eigenvalue weighted by Gasteiger charge is 2.35. The standard InChI is InChI=1S/C24H25ClN4O2S/c1-3-4-14-31-22(30)20-16(2)26-23-27-24(32-15-17-8-6-5-7-9-17)28-29(23)21(20)18-10-12-19(25)13-11-18/h5-13,21H,3-4,14-15H2,1-2H3,(H,26,27,28). The molecule has 0 saturated carbocycles. The molecule has 0 aliphatic carbocycles. The Kier molecular flexibility index (Phi) is 7.17. The Morgan fingerprint density at radius 2 is 1.94 bits per heavy atom. The molecule has 1 aliphatic heterocycles. The van der Waals surface area contributed by atoms with Crippen LogP contribution in [0.4, 0.5) is 5.95 Å². The van der Waals surface area contributed by atoms with Crippen LogP contribution in [-0.4, -0.2) is 27.3 Å². The van der Waals surface area contributed by atoms with Gasteiger partial charge in [-0.25, -0.2) is 9.48 Å². The number of hydrogen-bond acceptors (Lipinski definition) is 6. The molecule has 6 nitrogen and oxygen atoms in total. The number of benzene rings is 2. The Morgan fingerprint density at radius 1 is 1.19 bits per heavy atom. The van der Waals surface area contributed by atoms with Gasteiger partial charge in [0.05, 0.1) is 12.2 Å². The van der Waals surface area contributed by atoms with Crippen LogP contribution in [-0.2, 0) is 15.3 Å². The van der Waals surface area contributed by atoms with Crippen LogP contribution in [0.15, 0.2) is 71.0 Å². The number of anilines is 1. The average Bonchev–Trinajstić information content (AvgIpc) is 3.20. The molecule has 0 amide bonds. The van der Waals surface area contributed by atoms with Crippen molar-refractivity contribution in [3.63, 3.8) is 0 Å². The van der Waals surface area contributed by atoms with Crippen molar-refractivity contribution in [2.45, 2.75) is 43.6 Å². The van der Waals surface area contributed by atoms with Crippen molar-refractivity contribution >= 4 is 35.3 Å². The molecular formula is C24H25ClN4O2S. The number of carbonyl (C=O) groups excluding carboxylic acids is 1. The maximum absolute atomic E-state index is 13.0. The number of allylic oxidation sites excluding steroid dienone is 1. The van der Waals surface area contributed by atoms with Gasteiger partial charge >= 0.3 is 5.97 Å². The summed E-state index contributed by atoms with van der Waals surface area (Å²) in [5.41, 5.74) is 3.33. The molecule has 1 aromatic heterocycles. The van der Waals surface area contributed by atoms with Crippen LogP contribution in [0.5, 0.6) is 0 Å². The monoisotopic (exact) mass is 468 g/mol. The van der Waals surface area contributed by atoms with E-state index in [0.717, 1.165) is 24.2 Å². The van der Waals surface area contributed by atoms with Crippen LogP contribution in [0, 0.1) is 0 Å². The lowest BCUT2D eigenvalue weighted by Crippen LogP contribution is -2.29. The highest BCUT2D eigenvalue weighted by Crippen LogP contribution is 2.37. The summed E-state index contributed by atoms with van der Waals surface area (Å²) in [6.45, 7) is 4.32. The Morgan fingerprint density at radius 3 is 2.66 bits per heavy atom. The summed E-state index contributed by atoms with van der Waals surface area (Å²) >= 11 is 7.67. The number of halogens is 1. The van der Waals surface area contributed by atoms with E-state index in [0.29, 0.717) is 34.0 Å². The summed E-state index contributed by atoms with van der Waals surface area (Å²) in [6, 6.07) is 17.2. The van der Waals surface area contributed by atoms with E-state index in [-0.39, 0.29) is 5.97 Å². The zero-order valence-electron chi connectivity index (χ0n) is 18.0. The van der Waals surface area contributed by atoms with Crippen LogP contribution in [0.1, 0.15) is 43.9 Å². The van der Waals surface area contributed by atoms with Crippen molar-refractivity contribution in [3.05, 3.63) is 82.0 Å². The number of fused-ring (bicyclic) bond motifs is 1. The largest absolute Gasteiger partial charge is 0.462 e. The fraction of sp³-hybridized carbons (Fsp3) is 0.292. The molecule has 3 aromatic rings. The number of hydrogen-bond donors (Lipinski definition) is 1. The van der Waals surface area contributed by atoms with Gasteiger partial charge in [-0.2, -0.15) is 4.98 Å². The van der Waals surface area contributed by atoms with Gasteiger partial charge in [0, 0.05) is 16.5 Å². The molecule has 0 radical (unpaired) electrons. The number of carbonyl (C=O) groups is 1. The van der Waals surface area contributed by atoms with Gasteiger partial charge in [0.2, 0.25) is 11.1 Å². The normalized spacial score (nSPS) is 15.3. The van der Waals surface area contributed by atoms with E-state index in [4.69, 9.17) is 21.4 Å². The molecule has 8 heteroatoms. The molecule has 0 saturated heterocycles. The number of esters is 1. The minimum absolute atomic E-state index is 0.344. The predicted molar refractivity (Wildman–Crippen MR) is 128 cm³/mol. The second-order valence-electron chi connectivity index (χ2n) is 7.54. The molecule has 0 bridgehead atoms. The summed E-state index contributed by atoms with van der Waals surface area (Å²) in [4.78, 5) is 17.7. The minimum atomic E-state index is -0.448. The van der Waals surface area contributed by atoms with E-state index in [1.807, 2.05) is 49.4 Å². The third-order valence-corrected chi connectivity index (χ3v) is 6.34. The summed E-state index contributed by atoms with van der Waals surface area (Å²) in [7, 11) is 0. The molecule has 32 heavy (non-hydrogen) atoms. The van der Waals surface area contributed by atoms with Gasteiger partial charge < -0.3 is 10.1 Å². The third-order valence-electron chi connectivity index (χ3n) is 5.18. The lowest BCUT2D eigenvalue weighted by atomic mass is 9.96. The van der Waals surface area contributed by atoms with Crippen LogP contribution in [0.2, 0.25) is 5.02 Å². The molecule has 4 rings (SSSR count). The number of ether oxygens (including phenoxy) is 1. The topological polar surface area (TPSA) is 69.0 Å². The van der Waals surface area contributed by atoms with Crippen molar-refractivity contribution in [2.24, 2.45) is 0 Å². The average molecular weight is 469 g/mol. The van der Waals surface area contributed by atoms with Crippen molar-refractivity contribution in [3.8, 4) is 0 Å². The number of unbranched alkanes of at least 4 members (excludes halogenated alkanes) is 1. The molecule has 2 aromatic carbocycles. The van der Waals surface area contributed by atoms with Crippen LogP contribution in [0.25, 0.3) is 0 Å². The Bertz CT molecular complexity index is 1110. The fourth-order valence-electron chi connectivity index (χ4n) is 3.52. The molecule has 1 N–H and O–H groups in total. The highest BCUT2D eigenvalue weighted by molar-refractivity contribution is 7.98. The van der Waals surface area contributed by atoms with Crippen LogP contribution < -0.4 is 5.32 Å². The van der Waals surface area contributed by atoms with E-state index < -0.39 is 6.04 Å². The van der Waals surface area contributed by atoms with E-state index in [9.17, 15) is 4.79 Å². The molecule has 0 fully saturated rings. The van der Waals surface area contributed by atoms with Gasteiger partial charge in [0.15, 0.2) is 0 Å². The van der Waals surface area contributed by atoms with Gasteiger partial charge in [-0.05, 0) is 36.6 Å². The van der Waals surface area contributed by atoms with E-state index in [1.54, 1.807) is 16.4 Å². The van der Waals surface area contributed by atoms with Crippen molar-refractivity contribution in [2.75, 3.05) is 11.9 Å². The lowest BCUT2D eigenvalue weighted by molar-refractivity contribution is -0.139. The summed E-state index contributed by atoms with van der Waals surface area (Å²) in [5, 5.41) is 9.26. The number of aromatic nitrogens is 3. The van der Waals surface area contributed by atoms with Crippen molar-refractivity contribution in [1.29, 1.82) is 0 Å². The molecule has 2 heterocycles. The summed E-state index contributed by atoms with van der Waals surface area (Å²) < 4.78 is 7.33. The zero-order chi connectivity index (χ0) is 22.5. The first-order chi connectivity index (χ1) is 15.6. The first-order valence-corrected chi connectivity index (χ1v) is 12.0. The molecule has 1 unspecified atom stereocenters. The van der Waals surface area contributed by atoms with E-state index in [1.165, 1.54) is 5.56 Å². The molecule has 1 atom stereocenters. The molecular weight excluding hydrogens is 444 g/mol. The van der Waals surface area contributed by atoms with E-state index >= 15 is 0 Å². The minimum Gasteiger partial charge on any atom is -0.462 e. The Hall–Kier alpha value is -2.77. The van der Waals surface area contributed by atoms with Crippen molar-refractivity contribution in [1.82, 2.24) is 14.8 Å². The Labute approximate surface area is 197 Å². The lowest BCUT2D eigenvalue weighted by Gasteiger charge is -2.28. The number of nitrogens with one attached hydrogen (secondary N) is 1. The maximum Gasteiger partial charge on any atom is 0.338 e. The Balaban J connectivity index is 1.66. The highest BCUT2D eigenvalue weighted by atomic mass is 35.5. The zero-order valence-corrected chi connectivity index (χ0v) is 19.6. The predicted octanol–water partition coefficient (Wildman–Crippen LogP) is 5.86. The SMILES string of the molecule is CCCCOC(=O)C1=C(C)Nc2nc(SCc3ccccc3)nn2C1c1ccc(Cl)cc1. The van der Waals surface area contributed by atoms with Crippen molar-refractivity contribution < 1.29 is 9.53 Å². The second kappa shape index (κ2) is 10.2. The van der Waals surface area contributed by atoms with Gasteiger partial charge in [0.25, 0.3) is 0 Å². The molecule has 0 spiro atoms.